The first-order valence-electron chi connectivity index (χ1n) is 5.68. The Labute approximate surface area is 107 Å². The lowest BCUT2D eigenvalue weighted by atomic mass is 10.3. The first-order chi connectivity index (χ1) is 8.25. The van der Waals surface area contributed by atoms with Gasteiger partial charge in [-0.1, -0.05) is 19.1 Å². The van der Waals surface area contributed by atoms with Gasteiger partial charge in [-0.15, -0.1) is 5.10 Å². The summed E-state index contributed by atoms with van der Waals surface area (Å²) in [4.78, 5) is 0.324. The predicted molar refractivity (Wildman–Crippen MR) is 72.1 cm³/mol. The number of aromatic nitrogens is 2. The fraction of sp³-hybridized carbons (Fsp3) is 0.545. The van der Waals surface area contributed by atoms with Gasteiger partial charge in [-0.3, -0.25) is 0 Å². The van der Waals surface area contributed by atoms with E-state index in [0.29, 0.717) is 10.8 Å². The zero-order chi connectivity index (χ0) is 12.5. The number of hydrogen-bond acceptors (Lipinski definition) is 5. The van der Waals surface area contributed by atoms with Crippen LogP contribution in [-0.4, -0.2) is 34.9 Å². The van der Waals surface area contributed by atoms with E-state index >= 15 is 0 Å². The van der Waals surface area contributed by atoms with Gasteiger partial charge >= 0.3 is 0 Å². The molecule has 0 aromatic carbocycles. The maximum Gasteiger partial charge on any atom is 0.158 e. The normalized spacial score (nSPS) is 10.2. The van der Waals surface area contributed by atoms with Crippen LogP contribution >= 0.6 is 12.2 Å². The Hall–Kier alpha value is -1.27. The Balaban J connectivity index is 2.34. The second-order valence-corrected chi connectivity index (χ2v) is 3.99. The number of anilines is 1. The standard InChI is InChI=1S/C11H18N4OS/c1-2-7-16-8-3-5-13-11-9(10(12)17)4-6-14-15-11/h4,6H,2-3,5,7-8H2,1H3,(H2,12,17)(H,13,15). The maximum atomic E-state index is 5.58. The minimum Gasteiger partial charge on any atom is -0.389 e. The number of hydrogen-bond donors (Lipinski definition) is 2. The Morgan fingerprint density at radius 3 is 3.06 bits per heavy atom. The molecule has 6 heteroatoms. The van der Waals surface area contributed by atoms with Gasteiger partial charge in [0.2, 0.25) is 0 Å². The van der Waals surface area contributed by atoms with E-state index in [0.717, 1.165) is 38.2 Å². The highest BCUT2D eigenvalue weighted by Crippen LogP contribution is 2.09. The maximum absolute atomic E-state index is 5.58. The highest BCUT2D eigenvalue weighted by molar-refractivity contribution is 7.80. The van der Waals surface area contributed by atoms with Gasteiger partial charge in [0.25, 0.3) is 0 Å². The minimum atomic E-state index is 0.324. The molecule has 0 fully saturated rings. The second kappa shape index (κ2) is 7.92. The molecule has 1 rings (SSSR count). The molecule has 0 saturated heterocycles. The van der Waals surface area contributed by atoms with Gasteiger partial charge in [-0.25, -0.2) is 0 Å². The number of ether oxygens (including phenoxy) is 1. The monoisotopic (exact) mass is 254 g/mol. The van der Waals surface area contributed by atoms with Crippen LogP contribution < -0.4 is 11.1 Å². The van der Waals surface area contributed by atoms with Crippen LogP contribution in [0.4, 0.5) is 5.82 Å². The van der Waals surface area contributed by atoms with Crippen molar-refractivity contribution in [3.63, 3.8) is 0 Å². The van der Waals surface area contributed by atoms with Crippen molar-refractivity contribution < 1.29 is 4.74 Å². The Morgan fingerprint density at radius 1 is 1.53 bits per heavy atom. The molecule has 0 aliphatic carbocycles. The molecular weight excluding hydrogens is 236 g/mol. The molecule has 0 aliphatic rings. The summed E-state index contributed by atoms with van der Waals surface area (Å²) >= 11 is 4.93. The van der Waals surface area contributed by atoms with E-state index in [4.69, 9.17) is 22.7 Å². The summed E-state index contributed by atoms with van der Waals surface area (Å²) < 4.78 is 5.37. The van der Waals surface area contributed by atoms with Crippen LogP contribution in [0.5, 0.6) is 0 Å². The zero-order valence-corrected chi connectivity index (χ0v) is 10.8. The highest BCUT2D eigenvalue weighted by atomic mass is 32.1. The SMILES string of the molecule is CCCOCCCNc1nnccc1C(N)=S. The van der Waals surface area contributed by atoms with Crippen molar-refractivity contribution in [2.24, 2.45) is 5.73 Å². The lowest BCUT2D eigenvalue weighted by Gasteiger charge is -2.08. The van der Waals surface area contributed by atoms with E-state index in [-0.39, 0.29) is 0 Å². The third kappa shape index (κ3) is 5.06. The van der Waals surface area contributed by atoms with Gasteiger partial charge in [-0.05, 0) is 18.9 Å². The second-order valence-electron chi connectivity index (χ2n) is 3.55. The molecule has 94 valence electrons. The summed E-state index contributed by atoms with van der Waals surface area (Å²) in [5.74, 6) is 0.635. The van der Waals surface area contributed by atoms with Gasteiger partial charge in [0.15, 0.2) is 5.82 Å². The first kappa shape index (κ1) is 13.8. The summed E-state index contributed by atoms with van der Waals surface area (Å²) in [6.45, 7) is 4.40. The van der Waals surface area contributed by atoms with Crippen LogP contribution in [-0.2, 0) is 4.74 Å². The summed E-state index contributed by atoms with van der Waals surface area (Å²) in [6, 6.07) is 1.76. The highest BCUT2D eigenvalue weighted by Gasteiger charge is 2.05. The van der Waals surface area contributed by atoms with E-state index in [2.05, 4.69) is 22.4 Å². The molecule has 3 N–H and O–H groups in total. The molecule has 0 aliphatic heterocycles. The van der Waals surface area contributed by atoms with E-state index in [1.54, 1.807) is 12.3 Å². The number of nitrogens with zero attached hydrogens (tertiary/aromatic N) is 2. The van der Waals surface area contributed by atoms with Crippen molar-refractivity contribution in [2.45, 2.75) is 19.8 Å². The molecule has 0 amide bonds. The van der Waals surface area contributed by atoms with E-state index < -0.39 is 0 Å². The Bertz CT molecular complexity index is 359. The summed E-state index contributed by atoms with van der Waals surface area (Å²) in [6.07, 6.45) is 3.53. The number of rotatable bonds is 8. The third-order valence-electron chi connectivity index (χ3n) is 2.09. The molecule has 0 bridgehead atoms. The van der Waals surface area contributed by atoms with Gasteiger partial charge in [0.1, 0.15) is 4.99 Å². The van der Waals surface area contributed by atoms with Crippen molar-refractivity contribution in [2.75, 3.05) is 25.1 Å². The molecule has 0 atom stereocenters. The molecule has 1 aromatic rings. The van der Waals surface area contributed by atoms with Gasteiger partial charge in [-0.2, -0.15) is 5.10 Å². The molecule has 1 aromatic heterocycles. The van der Waals surface area contributed by atoms with Crippen molar-refractivity contribution >= 4 is 23.0 Å². The first-order valence-corrected chi connectivity index (χ1v) is 6.09. The van der Waals surface area contributed by atoms with Gasteiger partial charge < -0.3 is 15.8 Å². The fourth-order valence-electron chi connectivity index (χ4n) is 1.29. The summed E-state index contributed by atoms with van der Waals surface area (Å²) in [5, 5.41) is 10.9. The minimum absolute atomic E-state index is 0.324. The third-order valence-corrected chi connectivity index (χ3v) is 2.31. The molecular formula is C11H18N4OS. The van der Waals surface area contributed by atoms with Crippen LogP contribution in [0.3, 0.4) is 0 Å². The van der Waals surface area contributed by atoms with E-state index in [9.17, 15) is 0 Å². The Kier molecular flexibility index (Phi) is 6.42. The fourth-order valence-corrected chi connectivity index (χ4v) is 1.45. The van der Waals surface area contributed by atoms with Crippen LogP contribution in [0.2, 0.25) is 0 Å². The van der Waals surface area contributed by atoms with Crippen LogP contribution in [0.15, 0.2) is 12.3 Å². The molecule has 0 unspecified atom stereocenters. The Morgan fingerprint density at radius 2 is 2.35 bits per heavy atom. The van der Waals surface area contributed by atoms with Gasteiger partial charge in [0.05, 0.1) is 11.8 Å². The molecule has 5 nitrogen and oxygen atoms in total. The van der Waals surface area contributed by atoms with Crippen molar-refractivity contribution in [1.82, 2.24) is 10.2 Å². The summed E-state index contributed by atoms with van der Waals surface area (Å²) in [5.41, 5.74) is 6.31. The molecule has 0 spiro atoms. The lowest BCUT2D eigenvalue weighted by Crippen LogP contribution is -2.16. The van der Waals surface area contributed by atoms with Crippen molar-refractivity contribution in [3.05, 3.63) is 17.8 Å². The van der Waals surface area contributed by atoms with Crippen molar-refractivity contribution in [3.8, 4) is 0 Å². The van der Waals surface area contributed by atoms with E-state index in [1.165, 1.54) is 0 Å². The van der Waals surface area contributed by atoms with Gasteiger partial charge in [0, 0.05) is 19.8 Å². The number of nitrogens with two attached hydrogens (primary N) is 1. The number of nitrogens with one attached hydrogen (secondary N) is 1. The number of thiocarbonyl (C=S) groups is 1. The zero-order valence-electron chi connectivity index (χ0n) is 9.98. The molecule has 0 saturated carbocycles. The topological polar surface area (TPSA) is 73.1 Å². The molecule has 17 heavy (non-hydrogen) atoms. The average Bonchev–Trinajstić information content (AvgIpc) is 2.34. The molecule has 1 heterocycles. The lowest BCUT2D eigenvalue weighted by molar-refractivity contribution is 0.134. The van der Waals surface area contributed by atoms with E-state index in [1.807, 2.05) is 0 Å². The average molecular weight is 254 g/mol. The smallest absolute Gasteiger partial charge is 0.158 e. The van der Waals surface area contributed by atoms with Crippen LogP contribution in [0.25, 0.3) is 0 Å². The van der Waals surface area contributed by atoms with Crippen LogP contribution in [0, 0.1) is 0 Å². The van der Waals surface area contributed by atoms with Crippen LogP contribution in [0.1, 0.15) is 25.3 Å². The molecule has 0 radical (unpaired) electrons. The summed E-state index contributed by atoms with van der Waals surface area (Å²) in [7, 11) is 0. The predicted octanol–water partition coefficient (Wildman–Crippen LogP) is 1.34. The van der Waals surface area contributed by atoms with Crippen molar-refractivity contribution in [1.29, 1.82) is 0 Å². The largest absolute Gasteiger partial charge is 0.389 e. The quantitative estimate of drug-likeness (QED) is 0.539.